The van der Waals surface area contributed by atoms with Crippen LogP contribution in [0.3, 0.4) is 0 Å². The maximum Gasteiger partial charge on any atom is 0.250 e. The molecule has 6 nitrogen and oxygen atoms in total. The number of fused-ring (bicyclic) bond motifs is 7. The number of nitrogens with one attached hydrogen (secondary N) is 2. The van der Waals surface area contributed by atoms with Crippen molar-refractivity contribution in [3.63, 3.8) is 0 Å². The van der Waals surface area contributed by atoms with E-state index in [1.54, 1.807) is 30.3 Å². The molecule has 4 heterocycles. The number of carbonyl (C=O) groups excluding carboxylic acids is 3. The normalized spacial score (nSPS) is 30.3. The summed E-state index contributed by atoms with van der Waals surface area (Å²) in [6.45, 7) is 0.611. The summed E-state index contributed by atoms with van der Waals surface area (Å²) >= 11 is 6.46. The Balaban J connectivity index is 1.60. The van der Waals surface area contributed by atoms with Crippen LogP contribution in [-0.4, -0.2) is 35.1 Å². The van der Waals surface area contributed by atoms with E-state index in [9.17, 15) is 14.4 Å². The molecule has 2 fully saturated rings. The molecule has 4 aliphatic heterocycles. The van der Waals surface area contributed by atoms with Gasteiger partial charge in [0, 0.05) is 33.6 Å². The largest absolute Gasteiger partial charge is 0.325 e. The first-order valence-corrected chi connectivity index (χ1v) is 12.3. The van der Waals surface area contributed by atoms with Gasteiger partial charge in [0.05, 0.1) is 5.92 Å². The number of anilines is 2. The molecule has 174 valence electrons. The van der Waals surface area contributed by atoms with Gasteiger partial charge in [-0.2, -0.15) is 0 Å². The first kappa shape index (κ1) is 20.9. The maximum absolute atomic E-state index is 14.6. The van der Waals surface area contributed by atoms with Crippen LogP contribution in [0.1, 0.15) is 34.3 Å². The minimum absolute atomic E-state index is 0.213. The quantitative estimate of drug-likeness (QED) is 0.531. The number of carbonyl (C=O) groups is 3. The van der Waals surface area contributed by atoms with Crippen molar-refractivity contribution >= 4 is 40.6 Å². The van der Waals surface area contributed by atoms with Crippen LogP contribution in [0.15, 0.2) is 72.8 Å². The van der Waals surface area contributed by atoms with Crippen molar-refractivity contribution in [1.29, 1.82) is 0 Å². The average Bonchev–Trinajstić information content (AvgIpc) is 3.59. The van der Waals surface area contributed by atoms with Crippen LogP contribution in [0.2, 0.25) is 5.02 Å². The lowest BCUT2D eigenvalue weighted by Gasteiger charge is -2.38. The summed E-state index contributed by atoms with van der Waals surface area (Å²) in [4.78, 5) is 45.0. The number of ketones is 1. The number of hydrogen-bond donors (Lipinski definition) is 2. The zero-order valence-corrected chi connectivity index (χ0v) is 19.5. The number of hydrogen-bond acceptors (Lipinski definition) is 4. The minimum atomic E-state index is -1.34. The summed E-state index contributed by atoms with van der Waals surface area (Å²) in [6, 6.07) is 21.6. The molecule has 0 radical (unpaired) electrons. The van der Waals surface area contributed by atoms with Gasteiger partial charge in [0.25, 0.3) is 0 Å². The lowest BCUT2D eigenvalue weighted by molar-refractivity contribution is -0.128. The summed E-state index contributed by atoms with van der Waals surface area (Å²) in [5.41, 5.74) is 0.737. The van der Waals surface area contributed by atoms with Gasteiger partial charge in [0.1, 0.15) is 11.0 Å². The van der Waals surface area contributed by atoms with Crippen molar-refractivity contribution in [2.24, 2.45) is 5.92 Å². The number of benzene rings is 3. The lowest BCUT2D eigenvalue weighted by Crippen LogP contribution is -2.55. The highest BCUT2D eigenvalue weighted by Crippen LogP contribution is 2.66. The van der Waals surface area contributed by atoms with E-state index in [0.717, 1.165) is 12.0 Å². The van der Waals surface area contributed by atoms with Gasteiger partial charge in [-0.15, -0.1) is 0 Å². The Labute approximate surface area is 207 Å². The molecule has 3 aromatic carbocycles. The van der Waals surface area contributed by atoms with Gasteiger partial charge in [0.2, 0.25) is 11.8 Å². The summed E-state index contributed by atoms with van der Waals surface area (Å²) in [5.74, 6) is -1.67. The zero-order chi connectivity index (χ0) is 23.9. The predicted molar refractivity (Wildman–Crippen MR) is 132 cm³/mol. The fraction of sp³-hybridized carbons (Fsp3) is 0.250. The molecule has 0 saturated carbocycles. The Morgan fingerprint density at radius 3 is 2.43 bits per heavy atom. The molecule has 7 rings (SSSR count). The summed E-state index contributed by atoms with van der Waals surface area (Å²) in [6.07, 6.45) is 1.55. The molecule has 0 aliphatic carbocycles. The van der Waals surface area contributed by atoms with Crippen LogP contribution in [0.5, 0.6) is 0 Å². The van der Waals surface area contributed by atoms with Crippen molar-refractivity contribution in [2.75, 3.05) is 17.2 Å². The number of nitrogens with zero attached hydrogens (tertiary/aromatic N) is 1. The average molecular weight is 484 g/mol. The van der Waals surface area contributed by atoms with Crippen LogP contribution in [0, 0.1) is 5.92 Å². The van der Waals surface area contributed by atoms with E-state index in [4.69, 9.17) is 11.6 Å². The Morgan fingerprint density at radius 2 is 1.60 bits per heavy atom. The van der Waals surface area contributed by atoms with Crippen LogP contribution in [-0.2, 0) is 20.5 Å². The number of rotatable bonds is 2. The van der Waals surface area contributed by atoms with Crippen molar-refractivity contribution < 1.29 is 14.4 Å². The number of halogens is 1. The van der Waals surface area contributed by atoms with E-state index in [0.29, 0.717) is 40.5 Å². The van der Waals surface area contributed by atoms with Crippen molar-refractivity contribution in [3.8, 4) is 0 Å². The first-order valence-electron chi connectivity index (χ1n) is 11.9. The highest BCUT2D eigenvalue weighted by Gasteiger charge is 2.78. The molecule has 2 N–H and O–H groups in total. The Morgan fingerprint density at radius 1 is 0.886 bits per heavy atom. The molecule has 2 spiro atoms. The highest BCUT2D eigenvalue weighted by atomic mass is 35.5. The van der Waals surface area contributed by atoms with Crippen LogP contribution < -0.4 is 10.6 Å². The van der Waals surface area contributed by atoms with E-state index in [1.165, 1.54) is 0 Å². The van der Waals surface area contributed by atoms with E-state index >= 15 is 0 Å². The first-order chi connectivity index (χ1) is 17.0. The molecular formula is C28H22ClN3O3. The third-order valence-corrected chi connectivity index (χ3v) is 8.64. The molecule has 35 heavy (non-hydrogen) atoms. The van der Waals surface area contributed by atoms with Gasteiger partial charge in [-0.25, -0.2) is 0 Å². The zero-order valence-electron chi connectivity index (χ0n) is 18.8. The van der Waals surface area contributed by atoms with Gasteiger partial charge >= 0.3 is 0 Å². The molecule has 2 saturated heterocycles. The fourth-order valence-corrected chi connectivity index (χ4v) is 7.46. The number of Topliss-reactive ketones (excluding diaryl/α,β-unsaturated/α-hetero) is 1. The van der Waals surface area contributed by atoms with E-state index in [2.05, 4.69) is 15.5 Å². The summed E-state index contributed by atoms with van der Waals surface area (Å²) < 4.78 is 0. The van der Waals surface area contributed by atoms with Gasteiger partial charge in [-0.1, -0.05) is 60.1 Å². The standard InChI is InChI=1S/C28H22ClN3O3/c29-17-12-13-21-19(15-17)28(26(35)31-21)24(23(33)16-7-2-1-3-8-16)27(22-11-6-14-32(22)28)18-9-4-5-10-20(18)30-25(27)34/h1-5,7-10,12-13,15,22,24H,6,11,14H2,(H,30,34)(H,31,35)/t22-,24+,27-,28-/m1/s1. The highest BCUT2D eigenvalue weighted by molar-refractivity contribution is 6.31. The van der Waals surface area contributed by atoms with Crippen molar-refractivity contribution in [2.45, 2.75) is 29.8 Å². The summed E-state index contributed by atoms with van der Waals surface area (Å²) in [7, 11) is 0. The van der Waals surface area contributed by atoms with Gasteiger partial charge in [-0.3, -0.25) is 19.3 Å². The van der Waals surface area contributed by atoms with Crippen molar-refractivity contribution in [3.05, 3.63) is 94.5 Å². The minimum Gasteiger partial charge on any atom is -0.325 e. The second-order valence-electron chi connectivity index (χ2n) is 9.79. The smallest absolute Gasteiger partial charge is 0.250 e. The summed E-state index contributed by atoms with van der Waals surface area (Å²) in [5, 5.41) is 6.57. The third-order valence-electron chi connectivity index (χ3n) is 8.41. The van der Waals surface area contributed by atoms with Gasteiger partial charge in [-0.05, 0) is 49.2 Å². The monoisotopic (exact) mass is 483 g/mol. The number of para-hydroxylation sites is 1. The molecule has 4 aliphatic rings. The van der Waals surface area contributed by atoms with Crippen LogP contribution in [0.25, 0.3) is 0 Å². The molecule has 0 unspecified atom stereocenters. The second kappa shape index (κ2) is 7.03. The van der Waals surface area contributed by atoms with Crippen LogP contribution >= 0.6 is 11.6 Å². The molecule has 4 atom stereocenters. The van der Waals surface area contributed by atoms with Gasteiger partial charge < -0.3 is 10.6 Å². The molecule has 0 bridgehead atoms. The Kier molecular flexibility index (Phi) is 4.19. The SMILES string of the molecule is O=C(c1ccccc1)[C@H]1[C@]2(C(=O)Nc3ccccc32)[C@H]2CCCN2[C@@]12C(=O)Nc1ccc(Cl)cc12. The Bertz CT molecular complexity index is 1440. The van der Waals surface area contributed by atoms with Gasteiger partial charge in [0.15, 0.2) is 5.78 Å². The van der Waals surface area contributed by atoms with Crippen molar-refractivity contribution in [1.82, 2.24) is 4.90 Å². The van der Waals surface area contributed by atoms with E-state index in [1.807, 2.05) is 42.5 Å². The number of amides is 2. The van der Waals surface area contributed by atoms with E-state index < -0.39 is 16.9 Å². The maximum atomic E-state index is 14.6. The predicted octanol–water partition coefficient (Wildman–Crippen LogP) is 4.35. The molecule has 3 aromatic rings. The Hall–Kier alpha value is -3.48. The fourth-order valence-electron chi connectivity index (χ4n) is 7.29. The topological polar surface area (TPSA) is 78.5 Å². The van der Waals surface area contributed by atoms with E-state index in [-0.39, 0.29) is 23.6 Å². The second-order valence-corrected chi connectivity index (χ2v) is 10.2. The molecule has 7 heteroatoms. The molecular weight excluding hydrogens is 462 g/mol. The molecule has 0 aromatic heterocycles. The third kappa shape index (κ3) is 2.36. The van der Waals surface area contributed by atoms with Crippen LogP contribution in [0.4, 0.5) is 11.4 Å². The lowest BCUT2D eigenvalue weighted by atomic mass is 9.60. The molecule has 2 amide bonds.